The number of benzene rings is 2. The van der Waals surface area contributed by atoms with Crippen molar-refractivity contribution in [2.24, 2.45) is 0 Å². The molecule has 20 heavy (non-hydrogen) atoms. The predicted octanol–water partition coefficient (Wildman–Crippen LogP) is 3.09. The Labute approximate surface area is 115 Å². The summed E-state index contributed by atoms with van der Waals surface area (Å²) < 4.78 is 1.75. The van der Waals surface area contributed by atoms with E-state index in [1.165, 1.54) is 0 Å². The number of rotatable bonds is 3. The first kappa shape index (κ1) is 12.3. The van der Waals surface area contributed by atoms with Crippen LogP contribution >= 0.6 is 0 Å². The Morgan fingerprint density at radius 1 is 1.05 bits per heavy atom. The molecule has 0 saturated heterocycles. The highest BCUT2D eigenvalue weighted by molar-refractivity contribution is 5.88. The van der Waals surface area contributed by atoms with E-state index in [-0.39, 0.29) is 11.4 Å². The molecule has 0 amide bonds. The van der Waals surface area contributed by atoms with E-state index in [1.54, 1.807) is 28.8 Å². The minimum absolute atomic E-state index is 0.225. The van der Waals surface area contributed by atoms with Crippen LogP contribution in [0.1, 0.15) is 15.9 Å². The minimum atomic E-state index is -0.939. The third-order valence-corrected chi connectivity index (χ3v) is 3.32. The van der Waals surface area contributed by atoms with Gasteiger partial charge in [-0.2, -0.15) is 0 Å². The maximum absolute atomic E-state index is 10.8. The van der Waals surface area contributed by atoms with Gasteiger partial charge in [0.25, 0.3) is 0 Å². The fraction of sp³-hybridized carbons (Fsp3) is 0.0625. The quantitative estimate of drug-likeness (QED) is 0.766. The first-order valence-corrected chi connectivity index (χ1v) is 6.24. The van der Waals surface area contributed by atoms with Crippen LogP contribution in [0.3, 0.4) is 0 Å². The SMILES string of the molecule is O=C(O)c1ccc(Cn2cc3ccccc3c2O)cc1. The lowest BCUT2D eigenvalue weighted by Crippen LogP contribution is -1.99. The average Bonchev–Trinajstić information content (AvgIpc) is 2.77. The van der Waals surface area contributed by atoms with Gasteiger partial charge in [0, 0.05) is 17.0 Å². The molecule has 0 bridgehead atoms. The first-order valence-electron chi connectivity index (χ1n) is 6.24. The Morgan fingerprint density at radius 2 is 1.75 bits per heavy atom. The molecule has 100 valence electrons. The van der Waals surface area contributed by atoms with E-state index in [9.17, 15) is 9.90 Å². The fourth-order valence-electron chi connectivity index (χ4n) is 2.27. The number of carbonyl (C=O) groups is 1. The van der Waals surface area contributed by atoms with Gasteiger partial charge in [-0.05, 0) is 23.8 Å². The minimum Gasteiger partial charge on any atom is -0.494 e. The second-order valence-electron chi connectivity index (χ2n) is 4.67. The lowest BCUT2D eigenvalue weighted by molar-refractivity contribution is 0.0697. The van der Waals surface area contributed by atoms with Crippen molar-refractivity contribution in [2.75, 3.05) is 0 Å². The van der Waals surface area contributed by atoms with Crippen molar-refractivity contribution >= 4 is 16.7 Å². The van der Waals surface area contributed by atoms with Crippen LogP contribution in [-0.2, 0) is 6.54 Å². The van der Waals surface area contributed by atoms with Crippen molar-refractivity contribution in [1.82, 2.24) is 4.57 Å². The number of nitrogens with zero attached hydrogens (tertiary/aromatic N) is 1. The van der Waals surface area contributed by atoms with E-state index in [1.807, 2.05) is 30.5 Å². The monoisotopic (exact) mass is 267 g/mol. The number of hydrogen-bond donors (Lipinski definition) is 2. The Morgan fingerprint density at radius 3 is 2.40 bits per heavy atom. The summed E-state index contributed by atoms with van der Waals surface area (Å²) in [5, 5.41) is 20.8. The molecule has 3 aromatic rings. The van der Waals surface area contributed by atoms with Gasteiger partial charge in [0.15, 0.2) is 5.88 Å². The zero-order valence-corrected chi connectivity index (χ0v) is 10.7. The average molecular weight is 267 g/mol. The molecule has 2 N–H and O–H groups in total. The zero-order chi connectivity index (χ0) is 14.1. The van der Waals surface area contributed by atoms with Crippen LogP contribution in [0.15, 0.2) is 54.7 Å². The number of carboxylic acid groups (broad SMARTS) is 1. The van der Waals surface area contributed by atoms with E-state index in [2.05, 4.69) is 0 Å². The zero-order valence-electron chi connectivity index (χ0n) is 10.7. The molecule has 3 rings (SSSR count). The van der Waals surface area contributed by atoms with Crippen LogP contribution in [0.2, 0.25) is 0 Å². The molecular formula is C16H13NO3. The highest BCUT2D eigenvalue weighted by atomic mass is 16.4. The van der Waals surface area contributed by atoms with Gasteiger partial charge in [0.05, 0.1) is 12.1 Å². The molecule has 4 nitrogen and oxygen atoms in total. The Balaban J connectivity index is 1.92. The molecule has 0 radical (unpaired) electrons. The van der Waals surface area contributed by atoms with Gasteiger partial charge in [-0.25, -0.2) is 4.79 Å². The molecule has 0 atom stereocenters. The fourth-order valence-corrected chi connectivity index (χ4v) is 2.27. The summed E-state index contributed by atoms with van der Waals surface area (Å²) in [5.74, 6) is -0.714. The second kappa shape index (κ2) is 4.74. The number of fused-ring (bicyclic) bond motifs is 1. The molecule has 0 aliphatic carbocycles. The summed E-state index contributed by atoms with van der Waals surface area (Å²) in [4.78, 5) is 10.8. The van der Waals surface area contributed by atoms with E-state index >= 15 is 0 Å². The highest BCUT2D eigenvalue weighted by Crippen LogP contribution is 2.27. The lowest BCUT2D eigenvalue weighted by atomic mass is 10.1. The summed E-state index contributed by atoms with van der Waals surface area (Å²) >= 11 is 0. The summed E-state index contributed by atoms with van der Waals surface area (Å²) in [6.45, 7) is 0.500. The molecule has 0 saturated carbocycles. The molecular weight excluding hydrogens is 254 g/mol. The number of aromatic hydroxyl groups is 1. The second-order valence-corrected chi connectivity index (χ2v) is 4.67. The molecule has 2 aromatic carbocycles. The molecule has 1 aromatic heterocycles. The summed E-state index contributed by atoms with van der Waals surface area (Å²) in [5.41, 5.74) is 1.20. The topological polar surface area (TPSA) is 62.5 Å². The number of aromatic carboxylic acids is 1. The van der Waals surface area contributed by atoms with Crippen LogP contribution in [0.5, 0.6) is 5.88 Å². The van der Waals surface area contributed by atoms with Crippen molar-refractivity contribution in [3.05, 3.63) is 65.9 Å². The van der Waals surface area contributed by atoms with Crippen molar-refractivity contribution in [3.63, 3.8) is 0 Å². The number of hydrogen-bond acceptors (Lipinski definition) is 2. The van der Waals surface area contributed by atoms with Crippen LogP contribution in [-0.4, -0.2) is 20.7 Å². The maximum atomic E-state index is 10.8. The standard InChI is InChI=1S/C16H13NO3/c18-15-14-4-2-1-3-13(14)10-17(15)9-11-5-7-12(8-6-11)16(19)20/h1-8,10,18H,9H2,(H,19,20). The third kappa shape index (κ3) is 2.12. The van der Waals surface area contributed by atoms with E-state index in [0.717, 1.165) is 16.3 Å². The molecule has 0 unspecified atom stereocenters. The third-order valence-electron chi connectivity index (χ3n) is 3.32. The largest absolute Gasteiger partial charge is 0.494 e. The smallest absolute Gasteiger partial charge is 0.335 e. The van der Waals surface area contributed by atoms with Gasteiger partial charge >= 0.3 is 5.97 Å². The van der Waals surface area contributed by atoms with Gasteiger partial charge in [-0.15, -0.1) is 0 Å². The van der Waals surface area contributed by atoms with Gasteiger partial charge in [-0.1, -0.05) is 30.3 Å². The molecule has 0 aliphatic rings. The first-order chi connectivity index (χ1) is 9.65. The van der Waals surface area contributed by atoms with Gasteiger partial charge in [0.2, 0.25) is 0 Å². The predicted molar refractivity (Wildman–Crippen MR) is 76.1 cm³/mol. The van der Waals surface area contributed by atoms with Crippen molar-refractivity contribution in [1.29, 1.82) is 0 Å². The van der Waals surface area contributed by atoms with Crippen LogP contribution in [0.25, 0.3) is 10.8 Å². The number of carboxylic acids is 1. The Hall–Kier alpha value is -2.75. The van der Waals surface area contributed by atoms with E-state index in [4.69, 9.17) is 5.11 Å². The summed E-state index contributed by atoms with van der Waals surface area (Å²) in [7, 11) is 0. The van der Waals surface area contributed by atoms with Gasteiger partial charge in [0.1, 0.15) is 0 Å². The van der Waals surface area contributed by atoms with Crippen molar-refractivity contribution in [3.8, 4) is 5.88 Å². The normalized spacial score (nSPS) is 10.8. The van der Waals surface area contributed by atoms with Crippen molar-refractivity contribution < 1.29 is 15.0 Å². The summed E-state index contributed by atoms with van der Waals surface area (Å²) in [6, 6.07) is 14.3. The van der Waals surface area contributed by atoms with Crippen molar-refractivity contribution in [2.45, 2.75) is 6.54 Å². The summed E-state index contributed by atoms with van der Waals surface area (Å²) in [6.07, 6.45) is 1.88. The van der Waals surface area contributed by atoms with E-state index < -0.39 is 5.97 Å². The van der Waals surface area contributed by atoms with Crippen LogP contribution in [0, 0.1) is 0 Å². The highest BCUT2D eigenvalue weighted by Gasteiger charge is 2.08. The van der Waals surface area contributed by atoms with Crippen LogP contribution in [0.4, 0.5) is 0 Å². The molecule has 0 fully saturated rings. The maximum Gasteiger partial charge on any atom is 0.335 e. The van der Waals surface area contributed by atoms with Gasteiger partial charge < -0.3 is 14.8 Å². The van der Waals surface area contributed by atoms with Crippen LogP contribution < -0.4 is 0 Å². The molecule has 0 aliphatic heterocycles. The molecule has 1 heterocycles. The van der Waals surface area contributed by atoms with E-state index in [0.29, 0.717) is 6.54 Å². The Bertz CT molecular complexity index is 772. The number of aromatic nitrogens is 1. The molecule has 0 spiro atoms. The Kier molecular flexibility index (Phi) is 2.91. The lowest BCUT2D eigenvalue weighted by Gasteiger charge is -2.05. The molecule has 4 heteroatoms. The van der Waals surface area contributed by atoms with Gasteiger partial charge in [-0.3, -0.25) is 0 Å².